The molecule has 0 aromatic heterocycles. The summed E-state index contributed by atoms with van der Waals surface area (Å²) >= 11 is 0. The maximum absolute atomic E-state index is 7.27. The number of nitrogens with one attached hydrogen (secondary N) is 1. The minimum absolute atomic E-state index is 0.135. The summed E-state index contributed by atoms with van der Waals surface area (Å²) < 4.78 is 10.1. The minimum Gasteiger partial charge on any atom is -0.484 e. The van der Waals surface area contributed by atoms with Gasteiger partial charge in [0.25, 0.3) is 0 Å². The topological polar surface area (TPSA) is 42.3 Å². The fourth-order valence-electron chi connectivity index (χ4n) is 1.14. The molecular formula is C11H15NO2. The van der Waals surface area contributed by atoms with Gasteiger partial charge in [-0.2, -0.15) is 0 Å². The lowest BCUT2D eigenvalue weighted by Gasteiger charge is -2.09. The van der Waals surface area contributed by atoms with Crippen molar-refractivity contribution in [3.63, 3.8) is 0 Å². The van der Waals surface area contributed by atoms with Crippen LogP contribution in [0.3, 0.4) is 0 Å². The Morgan fingerprint density at radius 3 is 2.71 bits per heavy atom. The van der Waals surface area contributed by atoms with Gasteiger partial charge in [0.2, 0.25) is 5.90 Å². The summed E-state index contributed by atoms with van der Waals surface area (Å²) in [5.41, 5.74) is 1.15. The first-order valence-corrected chi connectivity index (χ1v) is 4.60. The van der Waals surface area contributed by atoms with Crippen molar-refractivity contribution in [1.29, 1.82) is 5.41 Å². The second kappa shape index (κ2) is 5.27. The highest BCUT2D eigenvalue weighted by molar-refractivity contribution is 5.74. The highest BCUT2D eigenvalue weighted by atomic mass is 16.5. The van der Waals surface area contributed by atoms with Crippen molar-refractivity contribution < 1.29 is 9.47 Å². The van der Waals surface area contributed by atoms with Gasteiger partial charge >= 0.3 is 0 Å². The number of rotatable bonds is 4. The van der Waals surface area contributed by atoms with E-state index < -0.39 is 0 Å². The third-order valence-electron chi connectivity index (χ3n) is 1.96. The van der Waals surface area contributed by atoms with Gasteiger partial charge in [-0.25, -0.2) is 0 Å². The molecule has 0 radical (unpaired) electrons. The molecule has 0 aliphatic heterocycles. The van der Waals surface area contributed by atoms with Crippen molar-refractivity contribution in [3.05, 3.63) is 29.8 Å². The van der Waals surface area contributed by atoms with Gasteiger partial charge in [-0.05, 0) is 18.1 Å². The van der Waals surface area contributed by atoms with Gasteiger partial charge in [-0.1, -0.05) is 25.1 Å². The van der Waals surface area contributed by atoms with E-state index in [1.165, 1.54) is 7.11 Å². The Balaban J connectivity index is 2.61. The Kier molecular flexibility index (Phi) is 3.98. The van der Waals surface area contributed by atoms with Crippen LogP contribution in [0.5, 0.6) is 5.75 Å². The van der Waals surface area contributed by atoms with Gasteiger partial charge in [0.05, 0.1) is 7.11 Å². The molecule has 0 amide bonds. The van der Waals surface area contributed by atoms with Gasteiger partial charge in [0.15, 0.2) is 6.61 Å². The summed E-state index contributed by atoms with van der Waals surface area (Å²) in [5.74, 6) is 0.965. The van der Waals surface area contributed by atoms with Crippen LogP contribution >= 0.6 is 0 Å². The first-order chi connectivity index (χ1) is 6.77. The Bertz CT molecular complexity index is 310. The largest absolute Gasteiger partial charge is 0.484 e. The fourth-order valence-corrected chi connectivity index (χ4v) is 1.14. The molecule has 76 valence electrons. The second-order valence-electron chi connectivity index (χ2n) is 2.88. The van der Waals surface area contributed by atoms with Crippen LogP contribution in [0.15, 0.2) is 24.3 Å². The van der Waals surface area contributed by atoms with Crippen molar-refractivity contribution in [2.45, 2.75) is 13.3 Å². The van der Waals surface area contributed by atoms with Gasteiger partial charge in [-0.3, -0.25) is 5.41 Å². The average Bonchev–Trinajstić information content (AvgIpc) is 2.26. The van der Waals surface area contributed by atoms with E-state index in [1.807, 2.05) is 24.3 Å². The molecule has 14 heavy (non-hydrogen) atoms. The van der Waals surface area contributed by atoms with Crippen LogP contribution in [-0.4, -0.2) is 19.6 Å². The Labute approximate surface area is 84.2 Å². The molecule has 3 heteroatoms. The van der Waals surface area contributed by atoms with Crippen molar-refractivity contribution in [1.82, 2.24) is 0 Å². The average molecular weight is 193 g/mol. The van der Waals surface area contributed by atoms with E-state index in [0.717, 1.165) is 17.7 Å². The molecule has 0 heterocycles. The van der Waals surface area contributed by atoms with E-state index in [2.05, 4.69) is 6.92 Å². The van der Waals surface area contributed by atoms with E-state index in [0.29, 0.717) is 0 Å². The van der Waals surface area contributed by atoms with Crippen molar-refractivity contribution in [3.8, 4) is 5.75 Å². The second-order valence-corrected chi connectivity index (χ2v) is 2.88. The number of hydrogen-bond acceptors (Lipinski definition) is 3. The van der Waals surface area contributed by atoms with Gasteiger partial charge in [0.1, 0.15) is 5.75 Å². The molecule has 3 nitrogen and oxygen atoms in total. The SMILES string of the molecule is CCc1ccccc1OCC(=N)OC. The van der Waals surface area contributed by atoms with E-state index in [9.17, 15) is 0 Å². The van der Waals surface area contributed by atoms with Gasteiger partial charge in [-0.15, -0.1) is 0 Å². The number of para-hydroxylation sites is 1. The lowest BCUT2D eigenvalue weighted by molar-refractivity contribution is 0.308. The van der Waals surface area contributed by atoms with Crippen molar-refractivity contribution in [2.75, 3.05) is 13.7 Å². The molecular weight excluding hydrogens is 178 g/mol. The van der Waals surface area contributed by atoms with E-state index in [-0.39, 0.29) is 12.5 Å². The van der Waals surface area contributed by atoms with Crippen LogP contribution in [0.1, 0.15) is 12.5 Å². The summed E-state index contributed by atoms with van der Waals surface area (Å²) in [6.07, 6.45) is 0.927. The molecule has 1 aromatic carbocycles. The van der Waals surface area contributed by atoms with Crippen LogP contribution in [0.25, 0.3) is 0 Å². The first-order valence-electron chi connectivity index (χ1n) is 4.60. The molecule has 0 aliphatic rings. The minimum atomic E-state index is 0.135. The van der Waals surface area contributed by atoms with Crippen molar-refractivity contribution in [2.24, 2.45) is 0 Å². The van der Waals surface area contributed by atoms with Gasteiger partial charge in [0, 0.05) is 0 Å². The number of aryl methyl sites for hydroxylation is 1. The third-order valence-corrected chi connectivity index (χ3v) is 1.96. The molecule has 0 saturated carbocycles. The number of ether oxygens (including phenoxy) is 2. The monoisotopic (exact) mass is 193 g/mol. The lowest BCUT2D eigenvalue weighted by Crippen LogP contribution is -2.12. The zero-order chi connectivity index (χ0) is 10.4. The van der Waals surface area contributed by atoms with E-state index in [1.54, 1.807) is 0 Å². The quantitative estimate of drug-likeness (QED) is 0.588. The molecule has 0 spiro atoms. The van der Waals surface area contributed by atoms with Crippen LogP contribution in [0.2, 0.25) is 0 Å². The zero-order valence-corrected chi connectivity index (χ0v) is 8.54. The summed E-state index contributed by atoms with van der Waals surface area (Å²) in [7, 11) is 1.47. The summed E-state index contributed by atoms with van der Waals surface area (Å²) in [6, 6.07) is 7.83. The van der Waals surface area contributed by atoms with E-state index >= 15 is 0 Å². The predicted molar refractivity (Wildman–Crippen MR) is 56.1 cm³/mol. The predicted octanol–water partition coefficient (Wildman–Crippen LogP) is 2.25. The highest BCUT2D eigenvalue weighted by Crippen LogP contribution is 2.17. The molecule has 1 N–H and O–H groups in total. The molecule has 1 aromatic rings. The standard InChI is InChI=1S/C11H15NO2/c1-3-9-6-4-5-7-10(9)14-8-11(12)13-2/h4-7,12H,3,8H2,1-2H3. The number of methoxy groups -OCH3 is 1. The molecule has 0 saturated heterocycles. The highest BCUT2D eigenvalue weighted by Gasteiger charge is 2.02. The van der Waals surface area contributed by atoms with Crippen LogP contribution < -0.4 is 4.74 Å². The smallest absolute Gasteiger partial charge is 0.219 e. The van der Waals surface area contributed by atoms with Crippen LogP contribution in [0.4, 0.5) is 0 Å². The Morgan fingerprint density at radius 1 is 1.36 bits per heavy atom. The maximum atomic E-state index is 7.27. The molecule has 0 atom stereocenters. The molecule has 0 unspecified atom stereocenters. The van der Waals surface area contributed by atoms with Crippen molar-refractivity contribution >= 4 is 5.90 Å². The lowest BCUT2D eigenvalue weighted by atomic mass is 10.1. The van der Waals surface area contributed by atoms with Gasteiger partial charge < -0.3 is 9.47 Å². The molecule has 0 fully saturated rings. The summed E-state index contributed by atoms with van der Waals surface area (Å²) in [5, 5.41) is 7.27. The summed E-state index contributed by atoms with van der Waals surface area (Å²) in [6.45, 7) is 2.26. The zero-order valence-electron chi connectivity index (χ0n) is 8.54. The Morgan fingerprint density at radius 2 is 2.07 bits per heavy atom. The summed E-state index contributed by atoms with van der Waals surface area (Å²) in [4.78, 5) is 0. The first kappa shape index (κ1) is 10.6. The molecule has 0 bridgehead atoms. The molecule has 0 aliphatic carbocycles. The molecule has 1 rings (SSSR count). The Hall–Kier alpha value is -1.51. The fraction of sp³-hybridized carbons (Fsp3) is 0.364. The number of benzene rings is 1. The number of hydrogen-bond donors (Lipinski definition) is 1. The normalized spacial score (nSPS) is 9.57. The maximum Gasteiger partial charge on any atom is 0.219 e. The van der Waals surface area contributed by atoms with E-state index in [4.69, 9.17) is 14.9 Å². The third kappa shape index (κ3) is 2.76. The van der Waals surface area contributed by atoms with Crippen LogP contribution in [-0.2, 0) is 11.2 Å². The van der Waals surface area contributed by atoms with Crippen LogP contribution in [0, 0.1) is 5.41 Å².